The van der Waals surface area contributed by atoms with Crippen molar-refractivity contribution in [1.82, 2.24) is 10.2 Å². The molecule has 4 nitrogen and oxygen atoms in total. The van der Waals surface area contributed by atoms with Crippen molar-refractivity contribution in [3.8, 4) is 0 Å². The van der Waals surface area contributed by atoms with Gasteiger partial charge in [0.2, 0.25) is 11.8 Å². The van der Waals surface area contributed by atoms with Gasteiger partial charge in [-0.15, -0.1) is 0 Å². The summed E-state index contributed by atoms with van der Waals surface area (Å²) in [5.74, 6) is 0.747. The smallest absolute Gasteiger partial charge is 0.235 e. The van der Waals surface area contributed by atoms with Gasteiger partial charge in [0.1, 0.15) is 0 Å². The van der Waals surface area contributed by atoms with Crippen LogP contribution in [0.25, 0.3) is 0 Å². The molecule has 4 heteroatoms. The number of rotatable bonds is 2. The van der Waals surface area contributed by atoms with Crippen LogP contribution in [0.1, 0.15) is 39.5 Å². The molecular weight excluding hydrogens is 228 g/mol. The number of nitrogens with one attached hydrogen (secondary N) is 1. The van der Waals surface area contributed by atoms with Crippen LogP contribution in [-0.2, 0) is 9.59 Å². The molecule has 0 aliphatic carbocycles. The number of carbonyl (C=O) groups is 2. The van der Waals surface area contributed by atoms with Crippen molar-refractivity contribution in [3.63, 3.8) is 0 Å². The number of hydrogen-bond donors (Lipinski definition) is 1. The molecule has 2 amide bonds. The van der Waals surface area contributed by atoms with Crippen LogP contribution in [-0.4, -0.2) is 36.9 Å². The van der Waals surface area contributed by atoms with Crippen molar-refractivity contribution in [2.45, 2.75) is 39.5 Å². The van der Waals surface area contributed by atoms with Gasteiger partial charge in [-0.1, -0.05) is 13.8 Å². The number of nitrogens with zero attached hydrogens (tertiary/aromatic N) is 1. The Balaban J connectivity index is 2.31. The van der Waals surface area contributed by atoms with Crippen LogP contribution in [0.3, 0.4) is 0 Å². The molecule has 2 saturated heterocycles. The van der Waals surface area contributed by atoms with E-state index in [0.29, 0.717) is 18.3 Å². The van der Waals surface area contributed by atoms with Gasteiger partial charge in [0.15, 0.2) is 0 Å². The number of piperidine rings is 2. The van der Waals surface area contributed by atoms with E-state index in [9.17, 15) is 9.59 Å². The molecule has 18 heavy (non-hydrogen) atoms. The average molecular weight is 252 g/mol. The molecule has 0 bridgehead atoms. The summed E-state index contributed by atoms with van der Waals surface area (Å²) in [5, 5.41) is 3.35. The Morgan fingerprint density at radius 2 is 1.89 bits per heavy atom. The van der Waals surface area contributed by atoms with Gasteiger partial charge in [-0.2, -0.15) is 0 Å². The van der Waals surface area contributed by atoms with E-state index < -0.39 is 0 Å². The molecule has 2 rings (SSSR count). The second-order valence-corrected chi connectivity index (χ2v) is 5.98. The fourth-order valence-corrected chi connectivity index (χ4v) is 3.74. The van der Waals surface area contributed by atoms with E-state index >= 15 is 0 Å². The Hall–Kier alpha value is -0.900. The van der Waals surface area contributed by atoms with Gasteiger partial charge in [0.05, 0.1) is 5.41 Å². The van der Waals surface area contributed by atoms with Gasteiger partial charge in [0.25, 0.3) is 0 Å². The number of likely N-dealkylation sites (tertiary alicyclic amines) is 1. The SMILES string of the molecule is CC(C)C1(C2CCNCC2)CCC(=O)N(C)C1=O. The Morgan fingerprint density at radius 3 is 2.44 bits per heavy atom. The van der Waals surface area contributed by atoms with E-state index in [1.54, 1.807) is 7.05 Å². The van der Waals surface area contributed by atoms with E-state index in [1.165, 1.54) is 4.90 Å². The first-order valence-electron chi connectivity index (χ1n) is 7.02. The van der Waals surface area contributed by atoms with Crippen molar-refractivity contribution < 1.29 is 9.59 Å². The number of hydrogen-bond acceptors (Lipinski definition) is 3. The van der Waals surface area contributed by atoms with Gasteiger partial charge in [-0.3, -0.25) is 14.5 Å². The van der Waals surface area contributed by atoms with Crippen molar-refractivity contribution in [3.05, 3.63) is 0 Å². The third kappa shape index (κ3) is 1.96. The Labute approximate surface area is 109 Å². The quantitative estimate of drug-likeness (QED) is 0.756. The number of imide groups is 1. The molecule has 0 aromatic carbocycles. The second kappa shape index (κ2) is 5.00. The van der Waals surface area contributed by atoms with Gasteiger partial charge in [-0.05, 0) is 44.2 Å². The summed E-state index contributed by atoms with van der Waals surface area (Å²) >= 11 is 0. The lowest BCUT2D eigenvalue weighted by atomic mass is 9.60. The topological polar surface area (TPSA) is 49.4 Å². The molecule has 2 fully saturated rings. The number of amides is 2. The fourth-order valence-electron chi connectivity index (χ4n) is 3.74. The predicted molar refractivity (Wildman–Crippen MR) is 69.9 cm³/mol. The monoisotopic (exact) mass is 252 g/mol. The predicted octanol–water partition coefficient (Wildman–Crippen LogP) is 1.41. The summed E-state index contributed by atoms with van der Waals surface area (Å²) < 4.78 is 0. The third-order valence-corrected chi connectivity index (χ3v) is 4.93. The van der Waals surface area contributed by atoms with Gasteiger partial charge in [0, 0.05) is 13.5 Å². The molecule has 0 radical (unpaired) electrons. The van der Waals surface area contributed by atoms with Crippen LogP contribution < -0.4 is 5.32 Å². The van der Waals surface area contributed by atoms with E-state index in [4.69, 9.17) is 0 Å². The number of carbonyl (C=O) groups excluding carboxylic acids is 2. The Morgan fingerprint density at radius 1 is 1.28 bits per heavy atom. The molecule has 2 aliphatic heterocycles. The van der Waals surface area contributed by atoms with Crippen LogP contribution in [0.4, 0.5) is 0 Å². The highest BCUT2D eigenvalue weighted by Gasteiger charge is 2.52. The van der Waals surface area contributed by atoms with Crippen LogP contribution in [0.5, 0.6) is 0 Å². The summed E-state index contributed by atoms with van der Waals surface area (Å²) in [4.78, 5) is 25.7. The molecule has 0 saturated carbocycles. The van der Waals surface area contributed by atoms with E-state index in [1.807, 2.05) is 0 Å². The maximum atomic E-state index is 12.7. The molecule has 2 aliphatic rings. The lowest BCUT2D eigenvalue weighted by molar-refractivity contribution is -0.163. The molecular formula is C14H24N2O2. The van der Waals surface area contributed by atoms with E-state index in [-0.39, 0.29) is 17.2 Å². The van der Waals surface area contributed by atoms with E-state index in [0.717, 1.165) is 32.4 Å². The van der Waals surface area contributed by atoms with Crippen molar-refractivity contribution >= 4 is 11.8 Å². The van der Waals surface area contributed by atoms with Gasteiger partial charge < -0.3 is 5.32 Å². The summed E-state index contributed by atoms with van der Waals surface area (Å²) in [6.07, 6.45) is 3.35. The van der Waals surface area contributed by atoms with Crippen molar-refractivity contribution in [1.29, 1.82) is 0 Å². The van der Waals surface area contributed by atoms with E-state index in [2.05, 4.69) is 19.2 Å². The van der Waals surface area contributed by atoms with Crippen LogP contribution in [0.15, 0.2) is 0 Å². The molecule has 0 spiro atoms. The zero-order valence-electron chi connectivity index (χ0n) is 11.7. The van der Waals surface area contributed by atoms with Crippen LogP contribution in [0, 0.1) is 17.3 Å². The fraction of sp³-hybridized carbons (Fsp3) is 0.857. The maximum Gasteiger partial charge on any atom is 0.235 e. The molecule has 2 heterocycles. The lowest BCUT2D eigenvalue weighted by Gasteiger charge is -2.48. The standard InChI is InChI=1S/C14H24N2O2/c1-10(2)14(11-5-8-15-9-6-11)7-4-12(17)16(3)13(14)18/h10-11,15H,4-9H2,1-3H3. The lowest BCUT2D eigenvalue weighted by Crippen LogP contribution is -2.57. The van der Waals surface area contributed by atoms with Crippen LogP contribution in [0.2, 0.25) is 0 Å². The first kappa shape index (κ1) is 13.5. The highest BCUT2D eigenvalue weighted by atomic mass is 16.2. The van der Waals surface area contributed by atoms with Gasteiger partial charge in [-0.25, -0.2) is 0 Å². The zero-order valence-corrected chi connectivity index (χ0v) is 11.7. The minimum absolute atomic E-state index is 0.0230. The summed E-state index contributed by atoms with van der Waals surface area (Å²) in [5.41, 5.74) is -0.315. The molecule has 1 N–H and O–H groups in total. The highest BCUT2D eigenvalue weighted by molar-refractivity contribution is 6.00. The highest BCUT2D eigenvalue weighted by Crippen LogP contribution is 2.47. The molecule has 0 aromatic rings. The minimum Gasteiger partial charge on any atom is -0.317 e. The summed E-state index contributed by atoms with van der Waals surface area (Å²) in [7, 11) is 1.64. The summed E-state index contributed by atoms with van der Waals surface area (Å²) in [6.45, 7) is 6.24. The average Bonchev–Trinajstić information content (AvgIpc) is 2.37. The third-order valence-electron chi connectivity index (χ3n) is 4.93. The first-order chi connectivity index (χ1) is 8.50. The maximum absolute atomic E-state index is 12.7. The molecule has 0 aromatic heterocycles. The van der Waals surface area contributed by atoms with Gasteiger partial charge >= 0.3 is 0 Å². The zero-order chi connectivity index (χ0) is 13.3. The van der Waals surface area contributed by atoms with Crippen molar-refractivity contribution in [2.24, 2.45) is 17.3 Å². The first-order valence-corrected chi connectivity index (χ1v) is 7.02. The molecule has 102 valence electrons. The van der Waals surface area contributed by atoms with Crippen molar-refractivity contribution in [2.75, 3.05) is 20.1 Å². The largest absolute Gasteiger partial charge is 0.317 e. The normalized spacial score (nSPS) is 31.2. The molecule has 1 atom stereocenters. The van der Waals surface area contributed by atoms with Crippen LogP contribution >= 0.6 is 0 Å². The Bertz CT molecular complexity index is 348. The second-order valence-electron chi connectivity index (χ2n) is 5.98. The Kier molecular flexibility index (Phi) is 3.76. The minimum atomic E-state index is -0.315. The summed E-state index contributed by atoms with van der Waals surface area (Å²) in [6, 6.07) is 0. The molecule has 1 unspecified atom stereocenters.